The monoisotopic (exact) mass is 197 g/mol. The van der Waals surface area contributed by atoms with E-state index < -0.39 is 0 Å². The van der Waals surface area contributed by atoms with Gasteiger partial charge in [-0.1, -0.05) is 13.8 Å². The van der Waals surface area contributed by atoms with Crippen molar-refractivity contribution in [2.45, 2.75) is 32.7 Å². The van der Waals surface area contributed by atoms with Gasteiger partial charge in [-0.2, -0.15) is 0 Å². The van der Waals surface area contributed by atoms with E-state index in [1.165, 1.54) is 7.11 Å². The molecule has 0 rings (SSSR count). The number of hydrogen-bond donors (Lipinski definition) is 1. The van der Waals surface area contributed by atoms with Gasteiger partial charge in [-0.15, -0.1) is 12.3 Å². The van der Waals surface area contributed by atoms with Crippen molar-refractivity contribution in [3.05, 3.63) is 0 Å². The van der Waals surface area contributed by atoms with Crippen LogP contribution in [0, 0.1) is 18.3 Å². The maximum atomic E-state index is 11.1. The Morgan fingerprint density at radius 3 is 2.71 bits per heavy atom. The summed E-state index contributed by atoms with van der Waals surface area (Å²) in [4.78, 5) is 11.1. The lowest BCUT2D eigenvalue weighted by molar-refractivity contribution is -0.144. The Hall–Kier alpha value is -1.01. The Kier molecular flexibility index (Phi) is 6.87. The Balaban J connectivity index is 3.79. The van der Waals surface area contributed by atoms with E-state index in [-0.39, 0.29) is 11.9 Å². The molecule has 0 radical (unpaired) electrons. The number of ether oxygens (including phenoxy) is 1. The minimum atomic E-state index is -0.187. The fourth-order valence-electron chi connectivity index (χ4n) is 1.13. The summed E-state index contributed by atoms with van der Waals surface area (Å²) in [5.41, 5.74) is 0. The van der Waals surface area contributed by atoms with Gasteiger partial charge >= 0.3 is 5.97 Å². The molecule has 0 fully saturated rings. The van der Waals surface area contributed by atoms with Crippen LogP contribution in [0.4, 0.5) is 0 Å². The van der Waals surface area contributed by atoms with Gasteiger partial charge in [-0.05, 0) is 6.42 Å². The molecule has 0 aliphatic rings. The normalized spacial score (nSPS) is 14.1. The molecule has 0 bridgehead atoms. The molecule has 80 valence electrons. The summed E-state index contributed by atoms with van der Waals surface area (Å²) >= 11 is 0. The van der Waals surface area contributed by atoms with Gasteiger partial charge in [0.05, 0.1) is 13.0 Å². The molecular formula is C11H19NO2. The number of methoxy groups -OCH3 is 1. The number of hydrogen-bond acceptors (Lipinski definition) is 3. The van der Waals surface area contributed by atoms with E-state index in [9.17, 15) is 4.79 Å². The second kappa shape index (κ2) is 7.40. The van der Waals surface area contributed by atoms with E-state index in [2.05, 4.69) is 22.9 Å². The topological polar surface area (TPSA) is 38.3 Å². The van der Waals surface area contributed by atoms with Crippen LogP contribution in [0.5, 0.6) is 0 Å². The first-order valence-corrected chi connectivity index (χ1v) is 4.90. The molecule has 0 heterocycles. The molecule has 0 amide bonds. The van der Waals surface area contributed by atoms with E-state index in [1.807, 2.05) is 6.92 Å². The Morgan fingerprint density at radius 1 is 1.64 bits per heavy atom. The smallest absolute Gasteiger partial charge is 0.309 e. The van der Waals surface area contributed by atoms with E-state index in [1.54, 1.807) is 0 Å². The van der Waals surface area contributed by atoms with Crippen LogP contribution in [0.25, 0.3) is 0 Å². The minimum Gasteiger partial charge on any atom is -0.469 e. The number of terminal acetylenes is 1. The van der Waals surface area contributed by atoms with E-state index in [0.29, 0.717) is 19.0 Å². The van der Waals surface area contributed by atoms with Crippen LogP contribution in [-0.4, -0.2) is 25.7 Å². The molecule has 3 nitrogen and oxygen atoms in total. The average Bonchev–Trinajstić information content (AvgIpc) is 2.22. The number of rotatable bonds is 6. The second-order valence-electron chi connectivity index (χ2n) is 3.35. The predicted molar refractivity (Wildman–Crippen MR) is 56.7 cm³/mol. The summed E-state index contributed by atoms with van der Waals surface area (Å²) in [5, 5.41) is 3.24. The van der Waals surface area contributed by atoms with Crippen LogP contribution in [0.15, 0.2) is 0 Å². The quantitative estimate of drug-likeness (QED) is 0.513. The van der Waals surface area contributed by atoms with Crippen molar-refractivity contribution in [1.82, 2.24) is 5.32 Å². The molecule has 0 aromatic carbocycles. The first kappa shape index (κ1) is 13.0. The third kappa shape index (κ3) is 4.88. The number of carbonyl (C=O) groups excluding carboxylic acids is 1. The third-order valence-corrected chi connectivity index (χ3v) is 2.17. The summed E-state index contributed by atoms with van der Waals surface area (Å²) in [6.07, 6.45) is 6.88. The van der Waals surface area contributed by atoms with Gasteiger partial charge in [0, 0.05) is 19.0 Å². The standard InChI is InChI=1S/C11H19NO2/c1-5-7-10(6-2)12-8-9(3)11(13)14-4/h1,9-10,12H,6-8H2,2-4H3. The van der Waals surface area contributed by atoms with Gasteiger partial charge in [-0.25, -0.2) is 0 Å². The molecule has 0 saturated heterocycles. The summed E-state index contributed by atoms with van der Waals surface area (Å²) < 4.78 is 4.62. The van der Waals surface area contributed by atoms with Gasteiger partial charge in [0.2, 0.25) is 0 Å². The molecule has 2 atom stereocenters. The lowest BCUT2D eigenvalue weighted by Crippen LogP contribution is -2.34. The highest BCUT2D eigenvalue weighted by Gasteiger charge is 2.14. The van der Waals surface area contributed by atoms with E-state index >= 15 is 0 Å². The Labute approximate surface area is 86.2 Å². The third-order valence-electron chi connectivity index (χ3n) is 2.17. The first-order chi connectivity index (χ1) is 6.65. The zero-order valence-corrected chi connectivity index (χ0v) is 9.17. The summed E-state index contributed by atoms with van der Waals surface area (Å²) in [6, 6.07) is 0.298. The number of carbonyl (C=O) groups is 1. The molecule has 0 aromatic heterocycles. The summed E-state index contributed by atoms with van der Waals surface area (Å²) in [7, 11) is 1.40. The second-order valence-corrected chi connectivity index (χ2v) is 3.35. The molecule has 0 aliphatic carbocycles. The highest BCUT2D eigenvalue weighted by molar-refractivity contribution is 5.72. The fourth-order valence-corrected chi connectivity index (χ4v) is 1.13. The predicted octanol–water partition coefficient (Wildman–Crippen LogP) is 1.19. The zero-order valence-electron chi connectivity index (χ0n) is 9.17. The Morgan fingerprint density at radius 2 is 2.29 bits per heavy atom. The lowest BCUT2D eigenvalue weighted by atomic mass is 10.1. The van der Waals surface area contributed by atoms with Crippen LogP contribution in [-0.2, 0) is 9.53 Å². The molecule has 0 aromatic rings. The van der Waals surface area contributed by atoms with Gasteiger partial charge in [0.15, 0.2) is 0 Å². The van der Waals surface area contributed by atoms with Crippen molar-refractivity contribution in [1.29, 1.82) is 0 Å². The summed E-state index contributed by atoms with van der Waals surface area (Å²) in [5.74, 6) is 2.30. The maximum Gasteiger partial charge on any atom is 0.309 e. The molecule has 0 saturated carbocycles. The van der Waals surface area contributed by atoms with Crippen molar-refractivity contribution in [2.24, 2.45) is 5.92 Å². The van der Waals surface area contributed by atoms with Gasteiger partial charge in [0.1, 0.15) is 0 Å². The fraction of sp³-hybridized carbons (Fsp3) is 0.727. The molecule has 1 N–H and O–H groups in total. The zero-order chi connectivity index (χ0) is 11.0. The lowest BCUT2D eigenvalue weighted by Gasteiger charge is -2.16. The molecule has 3 heteroatoms. The van der Waals surface area contributed by atoms with Crippen molar-refractivity contribution in [3.8, 4) is 12.3 Å². The van der Waals surface area contributed by atoms with Gasteiger partial charge in [-0.3, -0.25) is 4.79 Å². The van der Waals surface area contributed by atoms with E-state index in [4.69, 9.17) is 6.42 Å². The molecule has 0 aliphatic heterocycles. The van der Waals surface area contributed by atoms with Crippen LogP contribution in [0.2, 0.25) is 0 Å². The van der Waals surface area contributed by atoms with Crippen LogP contribution >= 0.6 is 0 Å². The highest BCUT2D eigenvalue weighted by Crippen LogP contribution is 2.00. The SMILES string of the molecule is C#CCC(CC)NCC(C)C(=O)OC. The van der Waals surface area contributed by atoms with Crippen molar-refractivity contribution in [2.75, 3.05) is 13.7 Å². The number of nitrogens with one attached hydrogen (secondary N) is 1. The molecular weight excluding hydrogens is 178 g/mol. The first-order valence-electron chi connectivity index (χ1n) is 4.90. The average molecular weight is 197 g/mol. The maximum absolute atomic E-state index is 11.1. The largest absolute Gasteiger partial charge is 0.469 e. The van der Waals surface area contributed by atoms with Gasteiger partial charge < -0.3 is 10.1 Å². The minimum absolute atomic E-state index is 0.119. The van der Waals surface area contributed by atoms with Crippen molar-refractivity contribution in [3.63, 3.8) is 0 Å². The molecule has 0 spiro atoms. The Bertz CT molecular complexity index is 208. The van der Waals surface area contributed by atoms with Gasteiger partial charge in [0.25, 0.3) is 0 Å². The number of esters is 1. The van der Waals surface area contributed by atoms with Crippen LogP contribution < -0.4 is 5.32 Å². The highest BCUT2D eigenvalue weighted by atomic mass is 16.5. The van der Waals surface area contributed by atoms with Crippen LogP contribution in [0.3, 0.4) is 0 Å². The van der Waals surface area contributed by atoms with Crippen molar-refractivity contribution >= 4 is 5.97 Å². The summed E-state index contributed by atoms with van der Waals surface area (Å²) in [6.45, 7) is 4.52. The molecule has 14 heavy (non-hydrogen) atoms. The van der Waals surface area contributed by atoms with Crippen LogP contribution in [0.1, 0.15) is 26.7 Å². The van der Waals surface area contributed by atoms with E-state index in [0.717, 1.165) is 6.42 Å². The molecule has 2 unspecified atom stereocenters. The van der Waals surface area contributed by atoms with Crippen molar-refractivity contribution < 1.29 is 9.53 Å².